The van der Waals surface area contributed by atoms with Crippen molar-refractivity contribution in [3.05, 3.63) is 59.2 Å². The second kappa shape index (κ2) is 9.40. The lowest BCUT2D eigenvalue weighted by Crippen LogP contribution is -2.27. The average Bonchev–Trinajstić information content (AvgIpc) is 2.62. The third-order valence-electron chi connectivity index (χ3n) is 4.49. The van der Waals surface area contributed by atoms with Gasteiger partial charge in [-0.05, 0) is 88.9 Å². The first-order valence-corrected chi connectivity index (χ1v) is 11.0. The summed E-state index contributed by atoms with van der Waals surface area (Å²) in [5.41, 5.74) is 1.60. The molecule has 0 unspecified atom stereocenters. The van der Waals surface area contributed by atoms with Crippen LogP contribution >= 0.6 is 0 Å². The highest BCUT2D eigenvalue weighted by molar-refractivity contribution is 6.07. The van der Waals surface area contributed by atoms with Gasteiger partial charge in [0.25, 0.3) is 0 Å². The van der Waals surface area contributed by atoms with E-state index in [1.54, 1.807) is 37.5 Å². The number of ketones is 1. The molecule has 0 radical (unpaired) electrons. The Kier molecular flexibility index (Phi) is 7.49. The van der Waals surface area contributed by atoms with Crippen LogP contribution in [0, 0.1) is 0 Å². The summed E-state index contributed by atoms with van der Waals surface area (Å²) in [4.78, 5) is 12.8. The van der Waals surface area contributed by atoms with Crippen molar-refractivity contribution in [3.63, 3.8) is 0 Å². The van der Waals surface area contributed by atoms with E-state index >= 15 is 0 Å². The Bertz CT molecular complexity index is 963. The van der Waals surface area contributed by atoms with Crippen LogP contribution in [0.5, 0.6) is 17.2 Å². The molecule has 0 bridgehead atoms. The number of rotatable bonds is 6. The summed E-state index contributed by atoms with van der Waals surface area (Å²) in [5.74, 6) is 2.12. The molecule has 0 heterocycles. The van der Waals surface area contributed by atoms with Gasteiger partial charge < -0.3 is 14.2 Å². The predicted octanol–water partition coefficient (Wildman–Crippen LogP) is 7.24. The van der Waals surface area contributed by atoms with Crippen molar-refractivity contribution in [3.8, 4) is 17.2 Å². The van der Waals surface area contributed by atoms with Gasteiger partial charge in [0.05, 0.1) is 7.11 Å². The van der Waals surface area contributed by atoms with E-state index in [1.807, 2.05) is 59.8 Å². The topological polar surface area (TPSA) is 44.8 Å². The van der Waals surface area contributed by atoms with Crippen LogP contribution in [0.2, 0.25) is 0 Å². The molecule has 0 fully saturated rings. The van der Waals surface area contributed by atoms with Crippen molar-refractivity contribution in [2.24, 2.45) is 0 Å². The monoisotopic (exact) mass is 438 g/mol. The Labute approximate surface area is 193 Å². The van der Waals surface area contributed by atoms with Gasteiger partial charge in [-0.2, -0.15) is 0 Å². The molecule has 0 saturated carbocycles. The summed E-state index contributed by atoms with van der Waals surface area (Å²) in [6, 6.07) is 11.1. The number of carbonyl (C=O) groups excluding carboxylic acids is 1. The van der Waals surface area contributed by atoms with Crippen LogP contribution in [0.4, 0.5) is 0 Å². The maximum Gasteiger partial charge on any atom is 0.185 e. The maximum absolute atomic E-state index is 12.8. The van der Waals surface area contributed by atoms with E-state index in [-0.39, 0.29) is 22.4 Å². The summed E-state index contributed by atoms with van der Waals surface area (Å²) in [6.45, 7) is 18.5. The maximum atomic E-state index is 12.8. The van der Waals surface area contributed by atoms with E-state index in [0.29, 0.717) is 11.3 Å². The first-order valence-electron chi connectivity index (χ1n) is 11.0. The van der Waals surface area contributed by atoms with Gasteiger partial charge in [0.15, 0.2) is 5.78 Å². The minimum atomic E-state index is -0.375. The van der Waals surface area contributed by atoms with Crippen LogP contribution in [-0.4, -0.2) is 24.1 Å². The molecule has 2 aromatic carbocycles. The Hall–Kier alpha value is -2.75. The van der Waals surface area contributed by atoms with Gasteiger partial charge in [-0.25, -0.2) is 0 Å². The van der Waals surface area contributed by atoms with Crippen LogP contribution < -0.4 is 14.2 Å². The lowest BCUT2D eigenvalue weighted by molar-refractivity contribution is 0.104. The molecular formula is C28H38O4. The van der Waals surface area contributed by atoms with E-state index < -0.39 is 0 Å². The van der Waals surface area contributed by atoms with E-state index in [0.717, 1.165) is 22.6 Å². The minimum absolute atomic E-state index is 0.0760. The van der Waals surface area contributed by atoms with Gasteiger partial charge in [-0.15, -0.1) is 0 Å². The molecule has 32 heavy (non-hydrogen) atoms. The van der Waals surface area contributed by atoms with Crippen LogP contribution in [0.1, 0.15) is 83.8 Å². The fourth-order valence-corrected chi connectivity index (χ4v) is 3.38. The third kappa shape index (κ3) is 7.44. The van der Waals surface area contributed by atoms with Crippen LogP contribution in [0.25, 0.3) is 6.08 Å². The van der Waals surface area contributed by atoms with Gasteiger partial charge in [0.1, 0.15) is 28.5 Å². The van der Waals surface area contributed by atoms with Gasteiger partial charge in [0.2, 0.25) is 0 Å². The van der Waals surface area contributed by atoms with E-state index in [9.17, 15) is 4.79 Å². The van der Waals surface area contributed by atoms with Gasteiger partial charge in [0, 0.05) is 17.2 Å². The molecule has 0 aromatic heterocycles. The van der Waals surface area contributed by atoms with Crippen LogP contribution in [-0.2, 0) is 5.41 Å². The smallest absolute Gasteiger partial charge is 0.185 e. The highest BCUT2D eigenvalue weighted by atomic mass is 16.5. The summed E-state index contributed by atoms with van der Waals surface area (Å²) in [6.07, 6.45) is 3.46. The predicted molar refractivity (Wildman–Crippen MR) is 132 cm³/mol. The normalized spacial score (nSPS) is 12.7. The Balaban J connectivity index is 2.58. The van der Waals surface area contributed by atoms with E-state index in [4.69, 9.17) is 14.2 Å². The largest absolute Gasteiger partial charge is 0.497 e. The molecule has 0 aliphatic carbocycles. The van der Waals surface area contributed by atoms with Crippen molar-refractivity contribution in [1.29, 1.82) is 0 Å². The van der Waals surface area contributed by atoms with Crippen molar-refractivity contribution < 1.29 is 19.0 Å². The molecule has 0 spiro atoms. The molecule has 0 N–H and O–H groups in total. The molecule has 174 valence electrons. The summed E-state index contributed by atoms with van der Waals surface area (Å²) >= 11 is 0. The van der Waals surface area contributed by atoms with Crippen LogP contribution in [0.15, 0.2) is 42.5 Å². The van der Waals surface area contributed by atoms with Crippen molar-refractivity contribution in [2.75, 3.05) is 7.11 Å². The number of allylic oxidation sites excluding steroid dienone is 1. The van der Waals surface area contributed by atoms with E-state index in [2.05, 4.69) is 20.8 Å². The van der Waals surface area contributed by atoms with Crippen molar-refractivity contribution in [1.82, 2.24) is 0 Å². The second-order valence-corrected chi connectivity index (χ2v) is 11.0. The lowest BCUT2D eigenvalue weighted by atomic mass is 9.82. The SMILES string of the molecule is COc1ccc(C(=O)C=Cc2cc(OC(C)(C)C)cc(OC(C)(C)C)c2C(C)(C)C)cc1. The average molecular weight is 439 g/mol. The summed E-state index contributed by atoms with van der Waals surface area (Å²) in [5, 5.41) is 0. The molecule has 4 nitrogen and oxygen atoms in total. The third-order valence-corrected chi connectivity index (χ3v) is 4.49. The number of benzene rings is 2. The number of hydrogen-bond acceptors (Lipinski definition) is 4. The first kappa shape index (κ1) is 25.5. The minimum Gasteiger partial charge on any atom is -0.497 e. The highest BCUT2D eigenvalue weighted by Gasteiger charge is 2.27. The molecule has 0 aliphatic heterocycles. The molecule has 4 heteroatoms. The molecule has 0 aliphatic rings. The van der Waals surface area contributed by atoms with Crippen LogP contribution in [0.3, 0.4) is 0 Å². The molecule has 0 saturated heterocycles. The Morgan fingerprint density at radius 1 is 0.781 bits per heavy atom. The second-order valence-electron chi connectivity index (χ2n) is 11.0. The summed E-state index contributed by atoms with van der Waals surface area (Å²) < 4.78 is 17.7. The zero-order valence-electron chi connectivity index (χ0n) is 21.3. The molecule has 2 rings (SSSR count). The van der Waals surface area contributed by atoms with Crippen molar-refractivity contribution in [2.45, 2.75) is 78.9 Å². The standard InChI is InChI=1S/C28H38O4/c1-26(2,3)25-20(13-16-23(29)19-11-14-21(30-10)15-12-19)17-22(31-27(4,5)6)18-24(25)32-28(7,8)9/h11-18H,1-10H3. The van der Waals surface area contributed by atoms with Crippen molar-refractivity contribution >= 4 is 11.9 Å². The first-order chi connectivity index (χ1) is 14.6. The van der Waals surface area contributed by atoms with E-state index in [1.165, 1.54) is 0 Å². The Morgan fingerprint density at radius 3 is 1.81 bits per heavy atom. The number of hydrogen-bond donors (Lipinski definition) is 0. The highest BCUT2D eigenvalue weighted by Crippen LogP contribution is 2.40. The number of ether oxygens (including phenoxy) is 3. The molecule has 0 atom stereocenters. The molecule has 0 amide bonds. The zero-order valence-corrected chi connectivity index (χ0v) is 21.3. The Morgan fingerprint density at radius 2 is 1.34 bits per heavy atom. The zero-order chi connectivity index (χ0) is 24.3. The molecular weight excluding hydrogens is 400 g/mol. The van der Waals surface area contributed by atoms with Gasteiger partial charge >= 0.3 is 0 Å². The fraction of sp³-hybridized carbons (Fsp3) is 0.464. The lowest BCUT2D eigenvalue weighted by Gasteiger charge is -2.31. The number of carbonyl (C=O) groups is 1. The molecule has 2 aromatic rings. The van der Waals surface area contributed by atoms with Gasteiger partial charge in [-0.1, -0.05) is 26.8 Å². The fourth-order valence-electron chi connectivity index (χ4n) is 3.38. The van der Waals surface area contributed by atoms with Gasteiger partial charge in [-0.3, -0.25) is 4.79 Å². The number of methoxy groups -OCH3 is 1. The summed E-state index contributed by atoms with van der Waals surface area (Å²) in [7, 11) is 1.61. The quantitative estimate of drug-likeness (QED) is 0.352.